The number of nitrogens with zero attached hydrogens (tertiary/aromatic N) is 6. The maximum absolute atomic E-state index is 13.9. The van der Waals surface area contributed by atoms with E-state index in [0.717, 1.165) is 16.8 Å². The predicted octanol–water partition coefficient (Wildman–Crippen LogP) is 2.15. The first-order valence-electron chi connectivity index (χ1n) is 10.4. The molecule has 0 fully saturated rings. The topological polar surface area (TPSA) is 122 Å². The smallest absolute Gasteiger partial charge is 0.242 e. The number of nitrogens with one attached hydrogen (secondary N) is 2. The Bertz CT molecular complexity index is 1450. The second-order valence-electron chi connectivity index (χ2n) is 8.22. The highest BCUT2D eigenvalue weighted by Crippen LogP contribution is 2.53. The molecule has 1 atom stereocenters. The number of rotatable bonds is 2. The summed E-state index contributed by atoms with van der Waals surface area (Å²) in [6, 6.07) is 5.97. The molecule has 2 aliphatic rings. The number of benzene rings is 1. The molecule has 3 aromatic heterocycles. The average molecular weight is 428 g/mol. The van der Waals surface area contributed by atoms with Gasteiger partial charge in [-0.25, -0.2) is 15.0 Å². The minimum absolute atomic E-state index is 0.0293. The van der Waals surface area contributed by atoms with Gasteiger partial charge >= 0.3 is 0 Å². The number of amides is 2. The summed E-state index contributed by atoms with van der Waals surface area (Å²) in [6.07, 6.45) is 2.96. The van der Waals surface area contributed by atoms with E-state index < -0.39 is 5.41 Å². The molecule has 0 radical (unpaired) electrons. The lowest BCUT2D eigenvalue weighted by atomic mass is 9.70. The number of carbonyl (C=O) groups is 2. The van der Waals surface area contributed by atoms with Crippen molar-refractivity contribution >= 4 is 34.5 Å². The third-order valence-electron chi connectivity index (χ3n) is 6.40. The molecule has 2 N–H and O–H groups in total. The summed E-state index contributed by atoms with van der Waals surface area (Å²) in [5.41, 5.74) is 4.03. The van der Waals surface area contributed by atoms with Crippen molar-refractivity contribution in [2.24, 2.45) is 0 Å². The number of hydrogen-bond acceptors (Lipinski definition) is 6. The van der Waals surface area contributed by atoms with Crippen LogP contribution < -0.4 is 10.2 Å². The fourth-order valence-corrected chi connectivity index (χ4v) is 5.13. The maximum atomic E-state index is 13.9. The molecule has 1 aromatic carbocycles. The maximum Gasteiger partial charge on any atom is 0.242 e. The minimum atomic E-state index is -1.13. The Hall–Kier alpha value is -4.08. The van der Waals surface area contributed by atoms with Crippen LogP contribution in [0.3, 0.4) is 0 Å². The monoisotopic (exact) mass is 428 g/mol. The zero-order valence-electron chi connectivity index (χ0n) is 17.8. The molecular formula is C22H20N8O2. The summed E-state index contributed by atoms with van der Waals surface area (Å²) in [6.45, 7) is 6.30. The first kappa shape index (κ1) is 18.7. The van der Waals surface area contributed by atoms with Crippen LogP contribution in [-0.2, 0) is 15.0 Å². The number of H-pyrrole nitrogens is 1. The average Bonchev–Trinajstić information content (AvgIpc) is 3.43. The van der Waals surface area contributed by atoms with Crippen molar-refractivity contribution in [2.75, 3.05) is 16.8 Å². The number of carbonyl (C=O) groups excluding carboxylic acids is 2. The van der Waals surface area contributed by atoms with Gasteiger partial charge in [-0.05, 0) is 32.4 Å². The molecule has 160 valence electrons. The van der Waals surface area contributed by atoms with Crippen LogP contribution in [0.5, 0.6) is 0 Å². The molecule has 10 nitrogen and oxygen atoms in total. The summed E-state index contributed by atoms with van der Waals surface area (Å²) in [7, 11) is 0. The van der Waals surface area contributed by atoms with Gasteiger partial charge in [0.15, 0.2) is 11.5 Å². The molecule has 0 saturated carbocycles. The predicted molar refractivity (Wildman–Crippen MR) is 117 cm³/mol. The van der Waals surface area contributed by atoms with Crippen LogP contribution in [0.4, 0.5) is 11.5 Å². The summed E-state index contributed by atoms with van der Waals surface area (Å²) in [4.78, 5) is 44.5. The number of anilines is 2. The van der Waals surface area contributed by atoms with E-state index in [1.807, 2.05) is 39.0 Å². The number of fused-ring (bicyclic) bond motifs is 5. The SMILES string of the molecule is CCN1C(=O)C2(CC(=O)Nc3c2c(C)nn3-c2ncnc3nc[nH]c23)c2cc(C)ccc21. The highest BCUT2D eigenvalue weighted by atomic mass is 16.2. The van der Waals surface area contributed by atoms with Gasteiger partial charge in [-0.15, -0.1) is 0 Å². The largest absolute Gasteiger partial charge is 0.340 e. The second kappa shape index (κ2) is 6.22. The fraction of sp³-hybridized carbons (Fsp3) is 0.273. The molecule has 5 heterocycles. The Labute approximate surface area is 182 Å². The highest BCUT2D eigenvalue weighted by molar-refractivity contribution is 6.16. The Morgan fingerprint density at radius 3 is 2.81 bits per heavy atom. The number of aromatic nitrogens is 6. The fourth-order valence-electron chi connectivity index (χ4n) is 5.13. The summed E-state index contributed by atoms with van der Waals surface area (Å²) < 4.78 is 1.57. The van der Waals surface area contributed by atoms with Crippen LogP contribution in [0.1, 0.15) is 35.7 Å². The standard InChI is InChI=1S/C22H20N8O2/c1-4-29-14-6-5-11(2)7-13(14)22(21(29)32)8-15(31)27-19-16(22)12(3)28-30(19)20-17-18(24-9-23-17)25-10-26-20/h5-7,9-10H,4,8H2,1-3H3,(H,27,31)(H,23,24,25,26). The summed E-state index contributed by atoms with van der Waals surface area (Å²) in [5.74, 6) is 0.560. The van der Waals surface area contributed by atoms with E-state index >= 15 is 0 Å². The van der Waals surface area contributed by atoms with Crippen molar-refractivity contribution in [2.45, 2.75) is 32.6 Å². The van der Waals surface area contributed by atoms with E-state index in [1.165, 1.54) is 12.7 Å². The van der Waals surface area contributed by atoms with Gasteiger partial charge in [-0.2, -0.15) is 9.78 Å². The van der Waals surface area contributed by atoms with Crippen LogP contribution in [0.2, 0.25) is 0 Å². The number of aryl methyl sites for hydroxylation is 2. The van der Waals surface area contributed by atoms with Crippen LogP contribution in [0.15, 0.2) is 30.9 Å². The first-order valence-corrected chi connectivity index (χ1v) is 10.4. The molecule has 4 aromatic rings. The van der Waals surface area contributed by atoms with Crippen molar-refractivity contribution < 1.29 is 9.59 Å². The lowest BCUT2D eigenvalue weighted by Gasteiger charge is -2.33. The molecule has 2 aliphatic heterocycles. The molecule has 1 spiro atoms. The molecule has 2 amide bonds. The number of likely N-dealkylation sites (N-methyl/N-ethyl adjacent to an activating group) is 1. The van der Waals surface area contributed by atoms with Crippen molar-refractivity contribution in [3.63, 3.8) is 0 Å². The van der Waals surface area contributed by atoms with E-state index in [2.05, 4.69) is 25.3 Å². The van der Waals surface area contributed by atoms with Gasteiger partial charge in [-0.1, -0.05) is 17.7 Å². The van der Waals surface area contributed by atoms with Crippen molar-refractivity contribution in [3.05, 3.63) is 53.2 Å². The molecule has 1 unspecified atom stereocenters. The lowest BCUT2D eigenvalue weighted by molar-refractivity contribution is -0.126. The zero-order valence-corrected chi connectivity index (χ0v) is 17.8. The van der Waals surface area contributed by atoms with Gasteiger partial charge in [0.25, 0.3) is 0 Å². The Balaban J connectivity index is 1.68. The molecule has 6 rings (SSSR count). The van der Waals surface area contributed by atoms with Gasteiger partial charge in [0, 0.05) is 24.2 Å². The van der Waals surface area contributed by atoms with E-state index in [1.54, 1.807) is 9.58 Å². The zero-order chi connectivity index (χ0) is 22.2. The number of imidazole rings is 1. The molecule has 0 bridgehead atoms. The molecule has 0 aliphatic carbocycles. The molecule has 0 saturated heterocycles. The molecular weight excluding hydrogens is 408 g/mol. The Morgan fingerprint density at radius 1 is 1.16 bits per heavy atom. The van der Waals surface area contributed by atoms with Crippen LogP contribution in [0.25, 0.3) is 17.0 Å². The first-order chi connectivity index (χ1) is 15.5. The number of aromatic amines is 1. The minimum Gasteiger partial charge on any atom is -0.340 e. The molecule has 10 heteroatoms. The van der Waals surface area contributed by atoms with Gasteiger partial charge in [0.2, 0.25) is 11.8 Å². The summed E-state index contributed by atoms with van der Waals surface area (Å²) >= 11 is 0. The second-order valence-corrected chi connectivity index (χ2v) is 8.22. The van der Waals surface area contributed by atoms with E-state index in [-0.39, 0.29) is 18.2 Å². The van der Waals surface area contributed by atoms with Gasteiger partial charge in [0.1, 0.15) is 23.1 Å². The van der Waals surface area contributed by atoms with Crippen LogP contribution in [-0.4, -0.2) is 48.1 Å². The van der Waals surface area contributed by atoms with Crippen molar-refractivity contribution in [1.82, 2.24) is 29.7 Å². The van der Waals surface area contributed by atoms with Crippen molar-refractivity contribution in [3.8, 4) is 5.82 Å². The van der Waals surface area contributed by atoms with Crippen LogP contribution in [0, 0.1) is 13.8 Å². The Morgan fingerprint density at radius 2 is 2.00 bits per heavy atom. The third kappa shape index (κ3) is 2.18. The summed E-state index contributed by atoms with van der Waals surface area (Å²) in [5, 5.41) is 7.67. The van der Waals surface area contributed by atoms with E-state index in [0.29, 0.717) is 40.6 Å². The van der Waals surface area contributed by atoms with E-state index in [4.69, 9.17) is 5.10 Å². The quantitative estimate of drug-likeness (QED) is 0.505. The normalized spacial score (nSPS) is 19.5. The highest BCUT2D eigenvalue weighted by Gasteiger charge is 2.57. The van der Waals surface area contributed by atoms with Gasteiger partial charge in [-0.3, -0.25) is 9.59 Å². The van der Waals surface area contributed by atoms with Gasteiger partial charge in [0.05, 0.1) is 12.0 Å². The third-order valence-corrected chi connectivity index (χ3v) is 6.40. The van der Waals surface area contributed by atoms with Crippen LogP contribution >= 0.6 is 0 Å². The number of hydrogen-bond donors (Lipinski definition) is 2. The van der Waals surface area contributed by atoms with Gasteiger partial charge < -0.3 is 15.2 Å². The van der Waals surface area contributed by atoms with Crippen molar-refractivity contribution in [1.29, 1.82) is 0 Å². The lowest BCUT2D eigenvalue weighted by Crippen LogP contribution is -2.47. The van der Waals surface area contributed by atoms with E-state index in [9.17, 15) is 9.59 Å². The Kier molecular flexibility index (Phi) is 3.63. The molecule has 32 heavy (non-hydrogen) atoms.